The van der Waals surface area contributed by atoms with E-state index in [0.29, 0.717) is 0 Å². The van der Waals surface area contributed by atoms with Crippen molar-refractivity contribution in [1.82, 2.24) is 0 Å². The lowest BCUT2D eigenvalue weighted by molar-refractivity contribution is -0.114. The van der Waals surface area contributed by atoms with Crippen molar-refractivity contribution in [3.05, 3.63) is 47.0 Å². The molecule has 152 valence electrons. The standard InChI is InChI=1S/C17H17ClF2N2O5S/c1-26-15-8-14(16(27-2)7-11(15)18)22(28(3,24)25)9-17(23)21-10-4-5-12(19)13(20)6-10/h4-8H,9H2,1-3H3,(H,21,23). The summed E-state index contributed by atoms with van der Waals surface area (Å²) < 4.78 is 61.9. The fraction of sp³-hybridized carbons (Fsp3) is 0.235. The number of anilines is 2. The Hall–Kier alpha value is -2.59. The maximum absolute atomic E-state index is 13.3. The van der Waals surface area contributed by atoms with Crippen molar-refractivity contribution in [2.75, 3.05) is 36.6 Å². The maximum Gasteiger partial charge on any atom is 0.245 e. The highest BCUT2D eigenvalue weighted by molar-refractivity contribution is 7.92. The van der Waals surface area contributed by atoms with Gasteiger partial charge in [0.2, 0.25) is 15.9 Å². The molecule has 0 aliphatic heterocycles. The first-order valence-corrected chi connectivity index (χ1v) is 9.93. The average Bonchev–Trinajstić information content (AvgIpc) is 2.62. The zero-order chi connectivity index (χ0) is 21.1. The van der Waals surface area contributed by atoms with Crippen LogP contribution in [-0.4, -0.2) is 41.3 Å². The van der Waals surface area contributed by atoms with Gasteiger partial charge in [0.25, 0.3) is 0 Å². The predicted octanol–water partition coefficient (Wildman–Crippen LogP) is 3.04. The predicted molar refractivity (Wildman–Crippen MR) is 102 cm³/mol. The van der Waals surface area contributed by atoms with Gasteiger partial charge in [-0.05, 0) is 12.1 Å². The Kier molecular flexibility index (Phi) is 6.68. The number of benzene rings is 2. The summed E-state index contributed by atoms with van der Waals surface area (Å²) in [5.74, 6) is -2.74. The molecular weight excluding hydrogens is 418 g/mol. The van der Waals surface area contributed by atoms with Gasteiger partial charge in [0.05, 0.1) is 31.2 Å². The van der Waals surface area contributed by atoms with Gasteiger partial charge in [0, 0.05) is 23.9 Å². The third kappa shape index (κ3) is 5.02. The lowest BCUT2D eigenvalue weighted by Gasteiger charge is -2.24. The van der Waals surface area contributed by atoms with Gasteiger partial charge in [0.1, 0.15) is 18.0 Å². The number of rotatable bonds is 7. The summed E-state index contributed by atoms with van der Waals surface area (Å²) in [5, 5.41) is 2.49. The third-order valence-corrected chi connectivity index (χ3v) is 5.03. The van der Waals surface area contributed by atoms with Crippen LogP contribution in [-0.2, 0) is 14.8 Å². The zero-order valence-corrected chi connectivity index (χ0v) is 16.7. The highest BCUT2D eigenvalue weighted by Gasteiger charge is 2.26. The van der Waals surface area contributed by atoms with E-state index in [2.05, 4.69) is 5.32 Å². The number of sulfonamides is 1. The van der Waals surface area contributed by atoms with Crippen LogP contribution in [0.2, 0.25) is 5.02 Å². The summed E-state index contributed by atoms with van der Waals surface area (Å²) in [5.41, 5.74) is -0.00955. The first-order valence-electron chi connectivity index (χ1n) is 7.71. The molecule has 0 bridgehead atoms. The number of amides is 1. The molecule has 11 heteroatoms. The maximum atomic E-state index is 13.3. The Labute approximate surface area is 165 Å². The molecule has 0 saturated heterocycles. The number of carbonyl (C=O) groups excluding carboxylic acids is 1. The largest absolute Gasteiger partial charge is 0.495 e. The van der Waals surface area contributed by atoms with Crippen molar-refractivity contribution in [3.8, 4) is 11.5 Å². The molecule has 0 unspecified atom stereocenters. The molecule has 0 spiro atoms. The van der Waals surface area contributed by atoms with E-state index in [1.54, 1.807) is 0 Å². The van der Waals surface area contributed by atoms with E-state index in [0.717, 1.165) is 28.8 Å². The Morgan fingerprint density at radius 2 is 1.75 bits per heavy atom. The minimum atomic E-state index is -3.93. The van der Waals surface area contributed by atoms with Gasteiger partial charge in [-0.15, -0.1) is 0 Å². The van der Waals surface area contributed by atoms with Crippen LogP contribution in [0.4, 0.5) is 20.2 Å². The Bertz CT molecular complexity index is 1000. The molecule has 1 N–H and O–H groups in total. The summed E-state index contributed by atoms with van der Waals surface area (Å²) in [4.78, 5) is 12.3. The number of nitrogens with one attached hydrogen (secondary N) is 1. The molecule has 0 radical (unpaired) electrons. The number of ether oxygens (including phenoxy) is 2. The first kappa shape index (κ1) is 21.7. The van der Waals surface area contributed by atoms with Gasteiger partial charge in [0.15, 0.2) is 11.6 Å². The molecule has 2 aromatic carbocycles. The smallest absolute Gasteiger partial charge is 0.245 e. The number of methoxy groups -OCH3 is 2. The van der Waals surface area contributed by atoms with Crippen LogP contribution in [0.15, 0.2) is 30.3 Å². The summed E-state index contributed by atoms with van der Waals surface area (Å²) in [6.45, 7) is -0.654. The van der Waals surface area contributed by atoms with Crippen molar-refractivity contribution < 1.29 is 31.5 Å². The second kappa shape index (κ2) is 8.61. The van der Waals surface area contributed by atoms with Crippen LogP contribution in [0.3, 0.4) is 0 Å². The molecule has 0 fully saturated rings. The molecular formula is C17H17ClF2N2O5S. The van der Waals surface area contributed by atoms with Crippen molar-refractivity contribution in [2.45, 2.75) is 0 Å². The summed E-state index contributed by atoms with van der Waals surface area (Å²) in [7, 11) is -1.28. The van der Waals surface area contributed by atoms with Gasteiger partial charge < -0.3 is 14.8 Å². The summed E-state index contributed by atoms with van der Waals surface area (Å²) in [6, 6.07) is 5.43. The highest BCUT2D eigenvalue weighted by atomic mass is 35.5. The number of carbonyl (C=O) groups is 1. The van der Waals surface area contributed by atoms with Crippen molar-refractivity contribution in [2.24, 2.45) is 0 Å². The Morgan fingerprint density at radius 3 is 2.29 bits per heavy atom. The van der Waals surface area contributed by atoms with Gasteiger partial charge in [-0.3, -0.25) is 9.10 Å². The van der Waals surface area contributed by atoms with E-state index < -0.39 is 34.1 Å². The lowest BCUT2D eigenvalue weighted by atomic mass is 10.2. The number of nitrogens with zero attached hydrogens (tertiary/aromatic N) is 1. The topological polar surface area (TPSA) is 84.9 Å². The van der Waals surface area contributed by atoms with E-state index in [4.69, 9.17) is 21.1 Å². The van der Waals surface area contributed by atoms with E-state index in [1.807, 2.05) is 0 Å². The molecule has 0 aliphatic carbocycles. The van der Waals surface area contributed by atoms with Gasteiger partial charge >= 0.3 is 0 Å². The van der Waals surface area contributed by atoms with Crippen molar-refractivity contribution >= 4 is 38.9 Å². The average molecular weight is 435 g/mol. The van der Waals surface area contributed by atoms with Gasteiger partial charge in [-0.25, -0.2) is 17.2 Å². The Morgan fingerprint density at radius 1 is 1.11 bits per heavy atom. The highest BCUT2D eigenvalue weighted by Crippen LogP contribution is 2.38. The second-order valence-corrected chi connectivity index (χ2v) is 7.92. The Balaban J connectivity index is 2.37. The van der Waals surface area contributed by atoms with E-state index >= 15 is 0 Å². The first-order chi connectivity index (χ1) is 13.1. The summed E-state index contributed by atoms with van der Waals surface area (Å²) in [6.07, 6.45) is 0.901. The number of hydrogen-bond acceptors (Lipinski definition) is 5. The molecule has 0 heterocycles. The fourth-order valence-electron chi connectivity index (χ4n) is 2.33. The quantitative estimate of drug-likeness (QED) is 0.724. The lowest BCUT2D eigenvalue weighted by Crippen LogP contribution is -2.37. The fourth-order valence-corrected chi connectivity index (χ4v) is 3.41. The second-order valence-electron chi connectivity index (χ2n) is 5.61. The van der Waals surface area contributed by atoms with E-state index in [1.165, 1.54) is 26.4 Å². The molecule has 2 aromatic rings. The van der Waals surface area contributed by atoms with Crippen molar-refractivity contribution in [3.63, 3.8) is 0 Å². The molecule has 28 heavy (non-hydrogen) atoms. The van der Waals surface area contributed by atoms with E-state index in [-0.39, 0.29) is 27.9 Å². The molecule has 0 aliphatic rings. The van der Waals surface area contributed by atoms with Crippen LogP contribution in [0.1, 0.15) is 0 Å². The van der Waals surface area contributed by atoms with Crippen LogP contribution in [0.5, 0.6) is 11.5 Å². The van der Waals surface area contributed by atoms with Crippen LogP contribution in [0.25, 0.3) is 0 Å². The van der Waals surface area contributed by atoms with Crippen LogP contribution >= 0.6 is 11.6 Å². The number of halogens is 3. The summed E-state index contributed by atoms with van der Waals surface area (Å²) >= 11 is 6.02. The molecule has 0 saturated carbocycles. The molecule has 0 atom stereocenters. The van der Waals surface area contributed by atoms with Crippen LogP contribution in [0, 0.1) is 11.6 Å². The van der Waals surface area contributed by atoms with Gasteiger partial charge in [-0.2, -0.15) is 0 Å². The monoisotopic (exact) mass is 434 g/mol. The molecule has 0 aromatic heterocycles. The minimum Gasteiger partial charge on any atom is -0.495 e. The number of hydrogen-bond donors (Lipinski definition) is 1. The third-order valence-electron chi connectivity index (χ3n) is 3.61. The minimum absolute atomic E-state index is 0.0201. The SMILES string of the molecule is COc1cc(N(CC(=O)Nc2ccc(F)c(F)c2)S(C)(=O)=O)c(OC)cc1Cl. The molecule has 2 rings (SSSR count). The molecule has 1 amide bonds. The van der Waals surface area contributed by atoms with E-state index in [9.17, 15) is 22.0 Å². The van der Waals surface area contributed by atoms with Gasteiger partial charge in [-0.1, -0.05) is 11.6 Å². The van der Waals surface area contributed by atoms with Crippen LogP contribution < -0.4 is 19.1 Å². The zero-order valence-electron chi connectivity index (χ0n) is 15.1. The van der Waals surface area contributed by atoms with Crippen molar-refractivity contribution in [1.29, 1.82) is 0 Å². The molecule has 7 nitrogen and oxygen atoms in total. The normalized spacial score (nSPS) is 11.1.